The second kappa shape index (κ2) is 11.7. The molecule has 1 aromatic rings. The molecule has 0 saturated heterocycles. The van der Waals surface area contributed by atoms with E-state index in [0.29, 0.717) is 0 Å². The Bertz CT molecular complexity index is 292. The third-order valence-corrected chi connectivity index (χ3v) is 3.53. The van der Waals surface area contributed by atoms with Gasteiger partial charge >= 0.3 is 0 Å². The summed E-state index contributed by atoms with van der Waals surface area (Å²) in [5.74, 6) is 3.04. The number of hydrogen-bond donors (Lipinski definition) is 1. The summed E-state index contributed by atoms with van der Waals surface area (Å²) in [6, 6.07) is 8.39. The van der Waals surface area contributed by atoms with Gasteiger partial charge in [0, 0.05) is 18.1 Å². The molecule has 0 fully saturated rings. The average molecular weight is 290 g/mol. The minimum Gasteiger partial charge on any atom is -0.494 e. The van der Waals surface area contributed by atoms with E-state index in [9.17, 15) is 0 Å². The van der Waals surface area contributed by atoms with Crippen LogP contribution in [0.4, 0.5) is 0 Å². The fourth-order valence-corrected chi connectivity index (χ4v) is 2.24. The van der Waals surface area contributed by atoms with Gasteiger partial charge in [-0.15, -0.1) is 12.4 Å². The zero-order valence-corrected chi connectivity index (χ0v) is 12.7. The molecule has 0 spiro atoms. The maximum absolute atomic E-state index is 5.66. The molecule has 104 valence electrons. The number of ether oxygens (including phenoxy) is 1. The van der Waals surface area contributed by atoms with Crippen molar-refractivity contribution in [3.63, 3.8) is 0 Å². The Balaban J connectivity index is 0.00000289. The fourth-order valence-electron chi connectivity index (χ4n) is 1.50. The smallest absolute Gasteiger partial charge is 0.119 e. The van der Waals surface area contributed by atoms with Crippen molar-refractivity contribution in [3.8, 4) is 5.75 Å². The third kappa shape index (κ3) is 7.85. The summed E-state index contributed by atoms with van der Waals surface area (Å²) in [4.78, 5) is 0. The van der Waals surface area contributed by atoms with E-state index in [1.807, 2.05) is 11.8 Å². The van der Waals surface area contributed by atoms with Gasteiger partial charge in [-0.05, 0) is 24.1 Å². The predicted octanol–water partition coefficient (Wildman–Crippen LogP) is 3.87. The minimum atomic E-state index is 0. The summed E-state index contributed by atoms with van der Waals surface area (Å²) in [6.07, 6.45) is 3.62. The molecule has 0 heterocycles. The van der Waals surface area contributed by atoms with E-state index < -0.39 is 0 Å². The maximum Gasteiger partial charge on any atom is 0.119 e. The molecule has 18 heavy (non-hydrogen) atoms. The lowest BCUT2D eigenvalue weighted by molar-refractivity contribution is 0.306. The van der Waals surface area contributed by atoms with E-state index in [1.165, 1.54) is 18.4 Å². The molecule has 4 heteroatoms. The molecule has 0 aromatic heterocycles. The first kappa shape index (κ1) is 17.6. The van der Waals surface area contributed by atoms with Crippen LogP contribution in [-0.4, -0.2) is 18.9 Å². The van der Waals surface area contributed by atoms with Crippen molar-refractivity contribution in [2.24, 2.45) is 5.73 Å². The van der Waals surface area contributed by atoms with Gasteiger partial charge in [-0.3, -0.25) is 0 Å². The molecule has 0 aliphatic heterocycles. The van der Waals surface area contributed by atoms with Gasteiger partial charge < -0.3 is 10.5 Å². The van der Waals surface area contributed by atoms with Gasteiger partial charge in [-0.25, -0.2) is 0 Å². The highest BCUT2D eigenvalue weighted by molar-refractivity contribution is 7.98. The van der Waals surface area contributed by atoms with Crippen LogP contribution < -0.4 is 10.5 Å². The molecule has 0 unspecified atom stereocenters. The fraction of sp³-hybridized carbons (Fsp3) is 0.571. The molecule has 0 radical (unpaired) electrons. The molecule has 2 N–H and O–H groups in total. The van der Waals surface area contributed by atoms with Crippen LogP contribution in [-0.2, 0) is 5.75 Å². The maximum atomic E-state index is 5.66. The largest absolute Gasteiger partial charge is 0.494 e. The Morgan fingerprint density at radius 3 is 2.50 bits per heavy atom. The number of rotatable bonds is 9. The van der Waals surface area contributed by atoms with Gasteiger partial charge in [-0.2, -0.15) is 11.8 Å². The summed E-state index contributed by atoms with van der Waals surface area (Å²) in [5.41, 5.74) is 6.79. The number of benzene rings is 1. The Kier molecular flexibility index (Phi) is 11.4. The van der Waals surface area contributed by atoms with Crippen LogP contribution in [0, 0.1) is 0 Å². The molecule has 1 aromatic carbocycles. The van der Waals surface area contributed by atoms with Crippen LogP contribution in [0.2, 0.25) is 0 Å². The SMILES string of the molecule is CCCCCOc1ccc(CSCCN)cc1.Cl. The zero-order valence-electron chi connectivity index (χ0n) is 11.1. The van der Waals surface area contributed by atoms with Crippen molar-refractivity contribution in [2.75, 3.05) is 18.9 Å². The monoisotopic (exact) mass is 289 g/mol. The summed E-state index contributed by atoms with van der Waals surface area (Å²) >= 11 is 1.87. The first-order chi connectivity index (χ1) is 8.36. The van der Waals surface area contributed by atoms with Gasteiger partial charge in [0.2, 0.25) is 0 Å². The Morgan fingerprint density at radius 2 is 1.89 bits per heavy atom. The van der Waals surface area contributed by atoms with Crippen molar-refractivity contribution < 1.29 is 4.74 Å². The first-order valence-electron chi connectivity index (χ1n) is 6.36. The second-order valence-electron chi connectivity index (χ2n) is 4.04. The molecule has 0 saturated carbocycles. The van der Waals surface area contributed by atoms with E-state index in [-0.39, 0.29) is 12.4 Å². The number of halogens is 1. The van der Waals surface area contributed by atoms with E-state index in [4.69, 9.17) is 10.5 Å². The lowest BCUT2D eigenvalue weighted by Crippen LogP contribution is -2.01. The van der Waals surface area contributed by atoms with Crippen LogP contribution in [0.3, 0.4) is 0 Å². The highest BCUT2D eigenvalue weighted by atomic mass is 35.5. The summed E-state index contributed by atoms with van der Waals surface area (Å²) < 4.78 is 5.66. The number of unbranched alkanes of at least 4 members (excludes halogenated alkanes) is 2. The van der Waals surface area contributed by atoms with Gasteiger partial charge in [0.1, 0.15) is 5.75 Å². The quantitative estimate of drug-likeness (QED) is 0.701. The molecule has 2 nitrogen and oxygen atoms in total. The average Bonchev–Trinajstić information content (AvgIpc) is 2.37. The summed E-state index contributed by atoms with van der Waals surface area (Å²) in [5, 5.41) is 0. The number of nitrogens with two attached hydrogens (primary N) is 1. The molecule has 0 bridgehead atoms. The lowest BCUT2D eigenvalue weighted by atomic mass is 10.2. The standard InChI is InChI=1S/C14H23NOS.ClH/c1-2-3-4-10-16-14-7-5-13(6-8-14)12-17-11-9-15;/h5-8H,2-4,9-12,15H2,1H3;1H. The van der Waals surface area contributed by atoms with Crippen molar-refractivity contribution in [1.29, 1.82) is 0 Å². The van der Waals surface area contributed by atoms with E-state index in [0.717, 1.165) is 36.8 Å². The van der Waals surface area contributed by atoms with Crippen molar-refractivity contribution in [2.45, 2.75) is 31.9 Å². The highest BCUT2D eigenvalue weighted by Gasteiger charge is 1.96. The third-order valence-electron chi connectivity index (χ3n) is 2.47. The van der Waals surface area contributed by atoms with Crippen LogP contribution in [0.15, 0.2) is 24.3 Å². The summed E-state index contributed by atoms with van der Waals surface area (Å²) in [6.45, 7) is 3.78. The van der Waals surface area contributed by atoms with Crippen LogP contribution >= 0.6 is 24.2 Å². The lowest BCUT2D eigenvalue weighted by Gasteiger charge is -2.06. The topological polar surface area (TPSA) is 35.2 Å². The van der Waals surface area contributed by atoms with E-state index in [2.05, 4.69) is 31.2 Å². The van der Waals surface area contributed by atoms with Gasteiger partial charge in [0.15, 0.2) is 0 Å². The van der Waals surface area contributed by atoms with E-state index in [1.54, 1.807) is 0 Å². The predicted molar refractivity (Wildman–Crippen MR) is 83.9 cm³/mol. The molecule has 0 aliphatic carbocycles. The van der Waals surface area contributed by atoms with Crippen molar-refractivity contribution in [3.05, 3.63) is 29.8 Å². The zero-order chi connectivity index (χ0) is 12.3. The van der Waals surface area contributed by atoms with Crippen molar-refractivity contribution >= 4 is 24.2 Å². The van der Waals surface area contributed by atoms with Crippen LogP contribution in [0.25, 0.3) is 0 Å². The minimum absolute atomic E-state index is 0. The Labute approximate surface area is 121 Å². The summed E-state index contributed by atoms with van der Waals surface area (Å²) in [7, 11) is 0. The Hall–Kier alpha value is -0.380. The Morgan fingerprint density at radius 1 is 1.17 bits per heavy atom. The van der Waals surface area contributed by atoms with Crippen LogP contribution in [0.5, 0.6) is 5.75 Å². The van der Waals surface area contributed by atoms with Gasteiger partial charge in [-0.1, -0.05) is 31.9 Å². The van der Waals surface area contributed by atoms with Crippen molar-refractivity contribution in [1.82, 2.24) is 0 Å². The number of hydrogen-bond acceptors (Lipinski definition) is 3. The molecule has 0 atom stereocenters. The normalized spacial score (nSPS) is 9.89. The molecule has 0 amide bonds. The number of thioether (sulfide) groups is 1. The molecule has 1 rings (SSSR count). The molecular formula is C14H24ClNOS. The van der Waals surface area contributed by atoms with Gasteiger partial charge in [0.25, 0.3) is 0 Å². The first-order valence-corrected chi connectivity index (χ1v) is 7.52. The van der Waals surface area contributed by atoms with Gasteiger partial charge in [0.05, 0.1) is 6.61 Å². The van der Waals surface area contributed by atoms with Crippen LogP contribution in [0.1, 0.15) is 31.7 Å². The molecular weight excluding hydrogens is 266 g/mol. The second-order valence-corrected chi connectivity index (χ2v) is 5.15. The van der Waals surface area contributed by atoms with E-state index >= 15 is 0 Å². The molecule has 0 aliphatic rings. The highest BCUT2D eigenvalue weighted by Crippen LogP contribution is 2.16.